The number of ether oxygens (including phenoxy) is 2. The molecule has 0 aliphatic rings. The normalized spacial score (nSPS) is 11.5. The molecule has 0 aliphatic heterocycles. The lowest BCUT2D eigenvalue weighted by Gasteiger charge is -2.19. The van der Waals surface area contributed by atoms with Gasteiger partial charge in [-0.15, -0.1) is 0 Å². The van der Waals surface area contributed by atoms with Gasteiger partial charge < -0.3 is 14.8 Å². The van der Waals surface area contributed by atoms with Crippen molar-refractivity contribution in [3.8, 4) is 5.75 Å². The van der Waals surface area contributed by atoms with E-state index in [0.29, 0.717) is 36.2 Å². The number of carbonyl (C=O) groups is 1. The van der Waals surface area contributed by atoms with Gasteiger partial charge in [0.25, 0.3) is 5.91 Å². The lowest BCUT2D eigenvalue weighted by Crippen LogP contribution is -2.40. The number of thiocarbonyl (C=S) groups is 1. The molecule has 6 heteroatoms. The van der Waals surface area contributed by atoms with E-state index >= 15 is 0 Å². The maximum Gasteiger partial charge on any atom is 0.257 e. The molecule has 0 bridgehead atoms. The molecular weight excluding hydrogens is 360 g/mol. The quantitative estimate of drug-likeness (QED) is 0.506. The molecule has 1 amide bonds. The lowest BCUT2D eigenvalue weighted by atomic mass is 10.1. The minimum Gasteiger partial charge on any atom is -0.491 e. The molecule has 2 aromatic carbocycles. The van der Waals surface area contributed by atoms with Crippen LogP contribution in [0, 0.1) is 0 Å². The molecule has 1 atom stereocenters. The largest absolute Gasteiger partial charge is 0.491 e. The summed E-state index contributed by atoms with van der Waals surface area (Å²) in [5.41, 5.74) is 1.65. The van der Waals surface area contributed by atoms with Crippen molar-refractivity contribution in [1.29, 1.82) is 0 Å². The Hall–Kier alpha value is -2.44. The maximum atomic E-state index is 12.4. The van der Waals surface area contributed by atoms with Crippen molar-refractivity contribution in [2.24, 2.45) is 0 Å². The highest BCUT2D eigenvalue weighted by Gasteiger charge is 2.13. The minimum absolute atomic E-state index is 0.0557. The summed E-state index contributed by atoms with van der Waals surface area (Å²) in [5, 5.41) is 6.24. The minimum atomic E-state index is -0.253. The van der Waals surface area contributed by atoms with Crippen molar-refractivity contribution in [2.75, 3.05) is 19.8 Å². The molecular formula is C21H26N2O3S. The van der Waals surface area contributed by atoms with Gasteiger partial charge in [0.15, 0.2) is 5.11 Å². The van der Waals surface area contributed by atoms with Crippen molar-refractivity contribution in [3.05, 3.63) is 65.7 Å². The molecule has 27 heavy (non-hydrogen) atoms. The van der Waals surface area contributed by atoms with Gasteiger partial charge in [-0.2, -0.15) is 0 Å². The van der Waals surface area contributed by atoms with Crippen LogP contribution in [0.1, 0.15) is 42.2 Å². The number of nitrogens with one attached hydrogen (secondary N) is 2. The molecule has 0 aromatic heterocycles. The zero-order valence-electron chi connectivity index (χ0n) is 15.7. The Bertz CT molecular complexity index is 720. The van der Waals surface area contributed by atoms with Crippen LogP contribution in [0.25, 0.3) is 0 Å². The molecule has 1 unspecified atom stereocenters. The van der Waals surface area contributed by atoms with Crippen LogP contribution in [0.15, 0.2) is 54.6 Å². The number of carbonyl (C=O) groups excluding carboxylic acids is 1. The third-order valence-electron chi connectivity index (χ3n) is 3.96. The molecule has 2 aromatic rings. The average molecular weight is 387 g/mol. The summed E-state index contributed by atoms with van der Waals surface area (Å²) in [5.74, 6) is 0.443. The highest BCUT2D eigenvalue weighted by molar-refractivity contribution is 7.80. The Morgan fingerprint density at radius 1 is 1.04 bits per heavy atom. The lowest BCUT2D eigenvalue weighted by molar-refractivity contribution is 0.0976. The van der Waals surface area contributed by atoms with Crippen LogP contribution in [0.5, 0.6) is 5.75 Å². The summed E-state index contributed by atoms with van der Waals surface area (Å²) >= 11 is 5.30. The Kier molecular flexibility index (Phi) is 8.74. The van der Waals surface area contributed by atoms with E-state index in [0.717, 1.165) is 12.0 Å². The number of hydrogen-bond acceptors (Lipinski definition) is 4. The van der Waals surface area contributed by atoms with Crippen molar-refractivity contribution in [3.63, 3.8) is 0 Å². The Labute approximate surface area is 166 Å². The second-order valence-electron chi connectivity index (χ2n) is 5.87. The van der Waals surface area contributed by atoms with Crippen molar-refractivity contribution in [2.45, 2.75) is 26.3 Å². The molecule has 0 heterocycles. The molecule has 0 fully saturated rings. The summed E-state index contributed by atoms with van der Waals surface area (Å²) in [6.45, 7) is 5.69. The fraction of sp³-hybridized carbons (Fsp3) is 0.333. The SMILES string of the molecule is CCOCCOc1ccc(C(=O)NC(=S)NC(CC)c2ccccc2)cc1. The molecule has 5 nitrogen and oxygen atoms in total. The van der Waals surface area contributed by atoms with Gasteiger partial charge in [0.05, 0.1) is 12.6 Å². The first kappa shape index (κ1) is 20.9. The van der Waals surface area contributed by atoms with E-state index in [1.807, 2.05) is 37.3 Å². The zero-order chi connectivity index (χ0) is 19.5. The second-order valence-corrected chi connectivity index (χ2v) is 6.28. The molecule has 0 saturated heterocycles. The first-order valence-corrected chi connectivity index (χ1v) is 9.52. The van der Waals surface area contributed by atoms with Crippen LogP contribution in [-0.4, -0.2) is 30.8 Å². The fourth-order valence-electron chi connectivity index (χ4n) is 2.54. The van der Waals surface area contributed by atoms with Crippen LogP contribution in [0.4, 0.5) is 0 Å². The molecule has 2 N–H and O–H groups in total. The molecule has 0 radical (unpaired) electrons. The third kappa shape index (κ3) is 7.00. The van der Waals surface area contributed by atoms with Gasteiger partial charge in [-0.1, -0.05) is 37.3 Å². The summed E-state index contributed by atoms with van der Waals surface area (Å²) in [6.07, 6.45) is 0.855. The zero-order valence-corrected chi connectivity index (χ0v) is 16.6. The van der Waals surface area contributed by atoms with Crippen LogP contribution in [-0.2, 0) is 4.74 Å². The predicted molar refractivity (Wildman–Crippen MR) is 111 cm³/mol. The van der Waals surface area contributed by atoms with Crippen LogP contribution in [0.2, 0.25) is 0 Å². The number of amides is 1. The first-order valence-electron chi connectivity index (χ1n) is 9.11. The van der Waals surface area contributed by atoms with Crippen LogP contribution >= 0.6 is 12.2 Å². The third-order valence-corrected chi connectivity index (χ3v) is 4.18. The van der Waals surface area contributed by atoms with E-state index in [-0.39, 0.29) is 11.9 Å². The average Bonchev–Trinajstić information content (AvgIpc) is 2.70. The van der Waals surface area contributed by atoms with Crippen molar-refractivity contribution >= 4 is 23.2 Å². The predicted octanol–water partition coefficient (Wildman–Crippen LogP) is 3.86. The highest BCUT2D eigenvalue weighted by atomic mass is 32.1. The van der Waals surface area contributed by atoms with E-state index in [2.05, 4.69) is 17.6 Å². The topological polar surface area (TPSA) is 59.6 Å². The smallest absolute Gasteiger partial charge is 0.257 e. The highest BCUT2D eigenvalue weighted by Crippen LogP contribution is 2.16. The van der Waals surface area contributed by atoms with E-state index in [1.54, 1.807) is 24.3 Å². The van der Waals surface area contributed by atoms with Gasteiger partial charge in [-0.25, -0.2) is 0 Å². The van der Waals surface area contributed by atoms with Gasteiger partial charge in [-0.05, 0) is 55.4 Å². The second kappa shape index (κ2) is 11.3. The molecule has 144 valence electrons. The summed E-state index contributed by atoms with van der Waals surface area (Å²) in [6, 6.07) is 17.0. The molecule has 0 spiro atoms. The van der Waals surface area contributed by atoms with Gasteiger partial charge >= 0.3 is 0 Å². The van der Waals surface area contributed by atoms with Crippen LogP contribution in [0.3, 0.4) is 0 Å². The van der Waals surface area contributed by atoms with E-state index in [1.165, 1.54) is 0 Å². The van der Waals surface area contributed by atoms with E-state index in [9.17, 15) is 4.79 Å². The summed E-state index contributed by atoms with van der Waals surface area (Å²) in [7, 11) is 0. The Morgan fingerprint density at radius 2 is 1.74 bits per heavy atom. The standard InChI is InChI=1S/C21H26N2O3S/c1-3-19(16-8-6-5-7-9-16)22-21(27)23-20(24)17-10-12-18(13-11-17)26-15-14-25-4-2/h5-13,19H,3-4,14-15H2,1-2H3,(H2,22,23,24,27). The summed E-state index contributed by atoms with van der Waals surface area (Å²) < 4.78 is 10.8. The maximum absolute atomic E-state index is 12.4. The number of hydrogen-bond donors (Lipinski definition) is 2. The van der Waals surface area contributed by atoms with Crippen LogP contribution < -0.4 is 15.4 Å². The molecule has 0 saturated carbocycles. The van der Waals surface area contributed by atoms with Gasteiger partial charge in [0, 0.05) is 12.2 Å². The molecule has 0 aliphatic carbocycles. The molecule has 2 rings (SSSR count). The number of benzene rings is 2. The number of rotatable bonds is 9. The van der Waals surface area contributed by atoms with E-state index < -0.39 is 0 Å². The van der Waals surface area contributed by atoms with E-state index in [4.69, 9.17) is 21.7 Å². The Balaban J connectivity index is 1.85. The Morgan fingerprint density at radius 3 is 2.37 bits per heavy atom. The fourth-order valence-corrected chi connectivity index (χ4v) is 2.78. The monoisotopic (exact) mass is 386 g/mol. The van der Waals surface area contributed by atoms with Crippen molar-refractivity contribution in [1.82, 2.24) is 10.6 Å². The van der Waals surface area contributed by atoms with Gasteiger partial charge in [0.2, 0.25) is 0 Å². The van der Waals surface area contributed by atoms with Crippen molar-refractivity contribution < 1.29 is 14.3 Å². The van der Waals surface area contributed by atoms with Gasteiger partial charge in [0.1, 0.15) is 12.4 Å². The first-order chi connectivity index (χ1) is 13.1. The summed E-state index contributed by atoms with van der Waals surface area (Å²) in [4.78, 5) is 12.4. The van der Waals surface area contributed by atoms with Gasteiger partial charge in [-0.3, -0.25) is 10.1 Å².